The van der Waals surface area contributed by atoms with Crippen LogP contribution in [0.2, 0.25) is 0 Å². The van der Waals surface area contributed by atoms with Gasteiger partial charge < -0.3 is 15.4 Å². The van der Waals surface area contributed by atoms with Crippen LogP contribution in [0.1, 0.15) is 33.6 Å². The molecule has 0 aliphatic carbocycles. The molecule has 0 amide bonds. The van der Waals surface area contributed by atoms with E-state index in [4.69, 9.17) is 10.5 Å². The number of hydrogen-bond donors (Lipinski definition) is 1. The minimum absolute atomic E-state index is 0.281. The fourth-order valence-corrected chi connectivity index (χ4v) is 1.98. The Kier molecular flexibility index (Phi) is 5.58. The summed E-state index contributed by atoms with van der Waals surface area (Å²) in [5.41, 5.74) is 5.89. The SMILES string of the molecule is CCN(CC1CCCO1)CC(C)C(C)N. The van der Waals surface area contributed by atoms with Gasteiger partial charge in [0.2, 0.25) is 0 Å². The highest BCUT2D eigenvalue weighted by Crippen LogP contribution is 2.14. The van der Waals surface area contributed by atoms with Gasteiger partial charge in [-0.3, -0.25) is 0 Å². The standard InChI is InChI=1S/C12H26N2O/c1-4-14(8-10(2)11(3)13)9-12-6-5-7-15-12/h10-12H,4-9,13H2,1-3H3. The smallest absolute Gasteiger partial charge is 0.0702 e. The third-order valence-electron chi connectivity index (χ3n) is 3.38. The van der Waals surface area contributed by atoms with E-state index in [2.05, 4.69) is 25.7 Å². The van der Waals surface area contributed by atoms with E-state index >= 15 is 0 Å². The molecule has 1 heterocycles. The van der Waals surface area contributed by atoms with Crippen LogP contribution in [-0.2, 0) is 4.74 Å². The molecule has 1 saturated heterocycles. The lowest BCUT2D eigenvalue weighted by Crippen LogP contribution is -2.39. The van der Waals surface area contributed by atoms with E-state index < -0.39 is 0 Å². The lowest BCUT2D eigenvalue weighted by Gasteiger charge is -2.28. The van der Waals surface area contributed by atoms with Gasteiger partial charge in [-0.1, -0.05) is 13.8 Å². The summed E-state index contributed by atoms with van der Waals surface area (Å²) in [5.74, 6) is 0.561. The van der Waals surface area contributed by atoms with Crippen molar-refractivity contribution in [1.82, 2.24) is 4.90 Å². The van der Waals surface area contributed by atoms with Crippen molar-refractivity contribution in [3.05, 3.63) is 0 Å². The number of rotatable bonds is 6. The topological polar surface area (TPSA) is 38.5 Å². The van der Waals surface area contributed by atoms with E-state index in [0.717, 1.165) is 26.2 Å². The minimum Gasteiger partial charge on any atom is -0.377 e. The number of likely N-dealkylation sites (N-methyl/N-ethyl adjacent to an activating group) is 1. The van der Waals surface area contributed by atoms with Crippen molar-refractivity contribution < 1.29 is 4.74 Å². The Balaban J connectivity index is 2.28. The maximum atomic E-state index is 5.89. The first-order valence-electron chi connectivity index (χ1n) is 6.23. The van der Waals surface area contributed by atoms with Gasteiger partial charge in [0.05, 0.1) is 6.10 Å². The zero-order valence-corrected chi connectivity index (χ0v) is 10.4. The maximum Gasteiger partial charge on any atom is 0.0702 e. The van der Waals surface area contributed by atoms with Gasteiger partial charge in [0, 0.05) is 25.7 Å². The molecule has 1 aliphatic heterocycles. The van der Waals surface area contributed by atoms with E-state index in [1.807, 2.05) is 0 Å². The Labute approximate surface area is 94.0 Å². The van der Waals surface area contributed by atoms with Gasteiger partial charge in [0.25, 0.3) is 0 Å². The number of nitrogens with zero attached hydrogens (tertiary/aromatic N) is 1. The second-order valence-corrected chi connectivity index (χ2v) is 4.82. The number of nitrogens with two attached hydrogens (primary N) is 1. The van der Waals surface area contributed by atoms with Gasteiger partial charge in [-0.25, -0.2) is 0 Å². The molecule has 0 spiro atoms. The third-order valence-corrected chi connectivity index (χ3v) is 3.38. The molecule has 2 N–H and O–H groups in total. The van der Waals surface area contributed by atoms with Crippen molar-refractivity contribution in [1.29, 1.82) is 0 Å². The fraction of sp³-hybridized carbons (Fsp3) is 1.00. The summed E-state index contributed by atoms with van der Waals surface area (Å²) in [4.78, 5) is 2.46. The highest BCUT2D eigenvalue weighted by atomic mass is 16.5. The number of hydrogen-bond acceptors (Lipinski definition) is 3. The molecular formula is C12H26N2O. The van der Waals surface area contributed by atoms with Crippen molar-refractivity contribution >= 4 is 0 Å². The molecule has 1 rings (SSSR count). The zero-order chi connectivity index (χ0) is 11.3. The van der Waals surface area contributed by atoms with Crippen molar-refractivity contribution in [2.24, 2.45) is 11.7 Å². The van der Waals surface area contributed by atoms with Crippen LogP contribution in [0.25, 0.3) is 0 Å². The first-order valence-corrected chi connectivity index (χ1v) is 6.23. The van der Waals surface area contributed by atoms with Gasteiger partial charge in [-0.05, 0) is 32.2 Å². The molecule has 15 heavy (non-hydrogen) atoms. The summed E-state index contributed by atoms with van der Waals surface area (Å²) in [6.07, 6.45) is 2.92. The fourth-order valence-electron chi connectivity index (χ4n) is 1.98. The molecule has 1 aliphatic rings. The van der Waals surface area contributed by atoms with Crippen molar-refractivity contribution in [2.45, 2.75) is 45.8 Å². The Morgan fingerprint density at radius 2 is 2.20 bits per heavy atom. The minimum atomic E-state index is 0.281. The molecule has 3 unspecified atom stereocenters. The second kappa shape index (κ2) is 6.46. The maximum absolute atomic E-state index is 5.89. The van der Waals surface area contributed by atoms with Crippen LogP contribution >= 0.6 is 0 Å². The average molecular weight is 214 g/mol. The summed E-state index contributed by atoms with van der Waals surface area (Å²) >= 11 is 0. The molecule has 1 fully saturated rings. The average Bonchev–Trinajstić information content (AvgIpc) is 2.69. The van der Waals surface area contributed by atoms with Crippen molar-refractivity contribution in [3.8, 4) is 0 Å². The van der Waals surface area contributed by atoms with Crippen LogP contribution in [0.3, 0.4) is 0 Å². The molecule has 0 bridgehead atoms. The lowest BCUT2D eigenvalue weighted by molar-refractivity contribution is 0.0692. The van der Waals surface area contributed by atoms with E-state index in [-0.39, 0.29) is 6.04 Å². The van der Waals surface area contributed by atoms with E-state index in [9.17, 15) is 0 Å². The van der Waals surface area contributed by atoms with Crippen molar-refractivity contribution in [2.75, 3.05) is 26.2 Å². The van der Waals surface area contributed by atoms with E-state index in [0.29, 0.717) is 12.0 Å². The van der Waals surface area contributed by atoms with Crippen LogP contribution < -0.4 is 5.73 Å². The molecule has 90 valence electrons. The zero-order valence-electron chi connectivity index (χ0n) is 10.4. The third kappa shape index (κ3) is 4.49. The van der Waals surface area contributed by atoms with E-state index in [1.54, 1.807) is 0 Å². The lowest BCUT2D eigenvalue weighted by atomic mass is 10.0. The first-order chi connectivity index (χ1) is 7.13. The molecule has 3 atom stereocenters. The summed E-state index contributed by atoms with van der Waals surface area (Å²) in [6.45, 7) is 10.7. The van der Waals surface area contributed by atoms with Gasteiger partial charge in [-0.15, -0.1) is 0 Å². The molecule has 0 aromatic rings. The van der Waals surface area contributed by atoms with Crippen LogP contribution in [-0.4, -0.2) is 43.3 Å². The van der Waals surface area contributed by atoms with Crippen molar-refractivity contribution in [3.63, 3.8) is 0 Å². The van der Waals surface area contributed by atoms with E-state index in [1.165, 1.54) is 12.8 Å². The summed E-state index contributed by atoms with van der Waals surface area (Å²) in [7, 11) is 0. The second-order valence-electron chi connectivity index (χ2n) is 4.82. The monoisotopic (exact) mass is 214 g/mol. The molecule has 3 heteroatoms. The molecule has 0 saturated carbocycles. The van der Waals surface area contributed by atoms with Gasteiger partial charge >= 0.3 is 0 Å². The highest BCUT2D eigenvalue weighted by molar-refractivity contribution is 4.73. The van der Waals surface area contributed by atoms with Crippen LogP contribution in [0.15, 0.2) is 0 Å². The van der Waals surface area contributed by atoms with Crippen LogP contribution in [0, 0.1) is 5.92 Å². The molecule has 0 aromatic heterocycles. The Morgan fingerprint density at radius 3 is 2.67 bits per heavy atom. The Morgan fingerprint density at radius 1 is 1.47 bits per heavy atom. The predicted molar refractivity (Wildman–Crippen MR) is 63.9 cm³/mol. The Bertz CT molecular complexity index is 163. The van der Waals surface area contributed by atoms with Gasteiger partial charge in [0.1, 0.15) is 0 Å². The largest absolute Gasteiger partial charge is 0.377 e. The molecule has 0 aromatic carbocycles. The first kappa shape index (κ1) is 12.9. The summed E-state index contributed by atoms with van der Waals surface area (Å²) in [5, 5.41) is 0. The molecule has 0 radical (unpaired) electrons. The summed E-state index contributed by atoms with van der Waals surface area (Å²) < 4.78 is 5.65. The van der Waals surface area contributed by atoms with Gasteiger partial charge in [-0.2, -0.15) is 0 Å². The van der Waals surface area contributed by atoms with Gasteiger partial charge in [0.15, 0.2) is 0 Å². The quantitative estimate of drug-likeness (QED) is 0.727. The number of ether oxygens (including phenoxy) is 1. The molecular weight excluding hydrogens is 188 g/mol. The van der Waals surface area contributed by atoms with Crippen LogP contribution in [0.4, 0.5) is 0 Å². The molecule has 3 nitrogen and oxygen atoms in total. The normalized spacial score (nSPS) is 25.8. The highest BCUT2D eigenvalue weighted by Gasteiger charge is 2.20. The van der Waals surface area contributed by atoms with Crippen LogP contribution in [0.5, 0.6) is 0 Å². The predicted octanol–water partition coefficient (Wildman–Crippen LogP) is 1.47. The summed E-state index contributed by atoms with van der Waals surface area (Å²) in [6, 6.07) is 0.281. The Hall–Kier alpha value is -0.120.